The maximum absolute atomic E-state index is 10.7. The quantitative estimate of drug-likeness (QED) is 0.530. The molecule has 1 aromatic rings. The zero-order valence-electron chi connectivity index (χ0n) is 9.30. The third kappa shape index (κ3) is 5.74. The Labute approximate surface area is 108 Å². The van der Waals surface area contributed by atoms with Gasteiger partial charge >= 0.3 is 5.97 Å². The highest BCUT2D eigenvalue weighted by Gasteiger charge is 2.15. The number of aliphatic carboxylic acids is 1. The molecule has 0 radical (unpaired) electrons. The summed E-state index contributed by atoms with van der Waals surface area (Å²) in [7, 11) is 0. The molecule has 1 rings (SSSR count). The van der Waals surface area contributed by atoms with E-state index in [-0.39, 0.29) is 0 Å². The summed E-state index contributed by atoms with van der Waals surface area (Å²) in [6.07, 6.45) is 1.92. The number of thioether (sulfide) groups is 1. The molecule has 17 heavy (non-hydrogen) atoms. The number of carboxylic acid groups (broad SMARTS) is 1. The maximum atomic E-state index is 10.7. The molecule has 1 aromatic heterocycles. The largest absolute Gasteiger partial charge is 0.480 e. The van der Waals surface area contributed by atoms with Crippen LogP contribution in [0.3, 0.4) is 0 Å². The highest BCUT2D eigenvalue weighted by atomic mass is 32.2. The van der Waals surface area contributed by atoms with Crippen LogP contribution in [0.1, 0.15) is 11.3 Å². The number of amides is 1. The Kier molecular flexibility index (Phi) is 6.73. The molecule has 94 valence electrons. The predicted molar refractivity (Wildman–Crippen MR) is 70.6 cm³/mol. The lowest BCUT2D eigenvalue weighted by Crippen LogP contribution is -2.36. The number of hydrogen-bond acceptors (Lipinski definition) is 4. The molecule has 0 aliphatic heterocycles. The van der Waals surface area contributed by atoms with Crippen LogP contribution in [0, 0.1) is 0 Å². The Morgan fingerprint density at radius 1 is 1.59 bits per heavy atom. The predicted octanol–water partition coefficient (Wildman–Crippen LogP) is 1.61. The third-order valence-electron chi connectivity index (χ3n) is 2.19. The Balaban J connectivity index is 2.10. The molecule has 1 unspecified atom stereocenters. The van der Waals surface area contributed by atoms with E-state index in [4.69, 9.17) is 5.11 Å². The number of carbonyl (C=O) groups excluding carboxylic acids is 1. The van der Waals surface area contributed by atoms with Gasteiger partial charge in [0, 0.05) is 4.88 Å². The van der Waals surface area contributed by atoms with Crippen molar-refractivity contribution in [2.24, 2.45) is 0 Å². The van der Waals surface area contributed by atoms with Crippen molar-refractivity contribution in [1.82, 2.24) is 5.32 Å². The smallest absolute Gasteiger partial charge is 0.326 e. The van der Waals surface area contributed by atoms with Crippen molar-refractivity contribution >= 4 is 35.5 Å². The van der Waals surface area contributed by atoms with E-state index in [9.17, 15) is 9.59 Å². The Morgan fingerprint density at radius 3 is 3.00 bits per heavy atom. The number of rotatable bonds is 9. The number of aryl methyl sites for hydroxylation is 1. The van der Waals surface area contributed by atoms with Crippen molar-refractivity contribution in [2.75, 3.05) is 11.5 Å². The van der Waals surface area contributed by atoms with Gasteiger partial charge in [0.1, 0.15) is 6.04 Å². The number of hydrogen-bond donors (Lipinski definition) is 2. The number of carbonyl (C=O) groups is 2. The van der Waals surface area contributed by atoms with Crippen molar-refractivity contribution in [3.05, 3.63) is 22.4 Å². The summed E-state index contributed by atoms with van der Waals surface area (Å²) in [6, 6.07) is 3.36. The second-order valence-corrected chi connectivity index (χ2v) is 5.66. The first kappa shape index (κ1) is 14.1. The van der Waals surface area contributed by atoms with Gasteiger partial charge in [-0.3, -0.25) is 4.79 Å². The van der Waals surface area contributed by atoms with Gasteiger partial charge < -0.3 is 10.4 Å². The molecule has 0 bridgehead atoms. The molecule has 0 aromatic carbocycles. The second kappa shape index (κ2) is 8.14. The molecule has 0 saturated carbocycles. The van der Waals surface area contributed by atoms with Gasteiger partial charge in [-0.25, -0.2) is 4.79 Å². The fraction of sp³-hybridized carbons (Fsp3) is 0.455. The number of nitrogens with one attached hydrogen (secondary N) is 1. The number of thiophene rings is 1. The summed E-state index contributed by atoms with van der Waals surface area (Å²) < 4.78 is 0. The minimum atomic E-state index is -0.976. The van der Waals surface area contributed by atoms with E-state index in [2.05, 4.69) is 16.8 Å². The molecule has 2 N–H and O–H groups in total. The minimum Gasteiger partial charge on any atom is -0.480 e. The van der Waals surface area contributed by atoms with Crippen molar-refractivity contribution in [1.29, 1.82) is 0 Å². The average Bonchev–Trinajstić information content (AvgIpc) is 2.80. The van der Waals surface area contributed by atoms with Gasteiger partial charge in [-0.2, -0.15) is 11.8 Å². The molecular formula is C11H15NO3S2. The van der Waals surface area contributed by atoms with Crippen LogP contribution in [0.2, 0.25) is 0 Å². The summed E-state index contributed by atoms with van der Waals surface area (Å²) in [5.41, 5.74) is 0. The van der Waals surface area contributed by atoms with Crippen molar-refractivity contribution < 1.29 is 14.7 Å². The van der Waals surface area contributed by atoms with Crippen LogP contribution in [0.5, 0.6) is 0 Å². The van der Waals surface area contributed by atoms with Crippen LogP contribution in [-0.4, -0.2) is 35.0 Å². The van der Waals surface area contributed by atoms with E-state index in [0.717, 1.165) is 17.9 Å². The summed E-state index contributed by atoms with van der Waals surface area (Å²) in [5.74, 6) is 0.743. The summed E-state index contributed by atoms with van der Waals surface area (Å²) in [4.78, 5) is 22.2. The van der Waals surface area contributed by atoms with Gasteiger partial charge in [0.25, 0.3) is 0 Å². The van der Waals surface area contributed by atoms with E-state index in [1.54, 1.807) is 23.1 Å². The summed E-state index contributed by atoms with van der Waals surface area (Å²) in [6.45, 7) is 0. The average molecular weight is 273 g/mol. The molecule has 0 spiro atoms. The lowest BCUT2D eigenvalue weighted by molar-refractivity contribution is -0.140. The minimum absolute atomic E-state index is 0.440. The van der Waals surface area contributed by atoms with Crippen LogP contribution in [0.25, 0.3) is 0 Å². The first-order chi connectivity index (χ1) is 8.24. The Hall–Kier alpha value is -1.01. The van der Waals surface area contributed by atoms with Crippen LogP contribution >= 0.6 is 23.1 Å². The summed E-state index contributed by atoms with van der Waals surface area (Å²) in [5, 5.41) is 13.1. The Morgan fingerprint density at radius 2 is 2.41 bits per heavy atom. The molecule has 1 heterocycles. The lowest BCUT2D eigenvalue weighted by atomic mass is 10.2. The van der Waals surface area contributed by atoms with E-state index in [0.29, 0.717) is 12.8 Å². The first-order valence-electron chi connectivity index (χ1n) is 5.26. The third-order valence-corrected chi connectivity index (χ3v) is 4.14. The molecule has 4 nitrogen and oxygen atoms in total. The van der Waals surface area contributed by atoms with E-state index < -0.39 is 12.0 Å². The molecular weight excluding hydrogens is 258 g/mol. The lowest BCUT2D eigenvalue weighted by Gasteiger charge is -2.10. The molecule has 0 saturated heterocycles. The highest BCUT2D eigenvalue weighted by molar-refractivity contribution is 7.99. The molecule has 0 fully saturated rings. The van der Waals surface area contributed by atoms with Crippen LogP contribution in [-0.2, 0) is 16.0 Å². The van der Waals surface area contributed by atoms with Crippen molar-refractivity contribution in [2.45, 2.75) is 18.9 Å². The monoisotopic (exact) mass is 273 g/mol. The van der Waals surface area contributed by atoms with Crippen molar-refractivity contribution in [3.8, 4) is 0 Å². The Bertz CT molecular complexity index is 340. The van der Waals surface area contributed by atoms with Gasteiger partial charge in [0.2, 0.25) is 6.41 Å². The van der Waals surface area contributed by atoms with Crippen LogP contribution in [0.15, 0.2) is 17.5 Å². The van der Waals surface area contributed by atoms with Crippen LogP contribution in [0.4, 0.5) is 0 Å². The zero-order valence-corrected chi connectivity index (χ0v) is 10.9. The van der Waals surface area contributed by atoms with Crippen molar-refractivity contribution in [3.63, 3.8) is 0 Å². The number of carboxylic acids is 1. The van der Waals surface area contributed by atoms with E-state index >= 15 is 0 Å². The molecule has 6 heteroatoms. The van der Waals surface area contributed by atoms with E-state index in [1.165, 1.54) is 4.88 Å². The van der Waals surface area contributed by atoms with Gasteiger partial charge in [0.05, 0.1) is 0 Å². The molecule has 1 amide bonds. The fourth-order valence-corrected chi connectivity index (χ4v) is 3.10. The van der Waals surface area contributed by atoms with Crippen LogP contribution < -0.4 is 5.32 Å². The first-order valence-corrected chi connectivity index (χ1v) is 7.30. The van der Waals surface area contributed by atoms with E-state index in [1.807, 2.05) is 6.07 Å². The normalized spacial score (nSPS) is 12.0. The van der Waals surface area contributed by atoms with Gasteiger partial charge in [-0.15, -0.1) is 11.3 Å². The molecule has 0 aliphatic carbocycles. The van der Waals surface area contributed by atoms with Gasteiger partial charge in [-0.1, -0.05) is 6.07 Å². The topological polar surface area (TPSA) is 66.4 Å². The maximum Gasteiger partial charge on any atom is 0.326 e. The highest BCUT2D eigenvalue weighted by Crippen LogP contribution is 2.13. The van der Waals surface area contributed by atoms with Gasteiger partial charge in [0.15, 0.2) is 0 Å². The zero-order chi connectivity index (χ0) is 12.5. The SMILES string of the molecule is O=CNC(CCSCCc1cccs1)C(=O)O. The standard InChI is InChI=1S/C11H15NO3S2/c13-8-12-10(11(14)15)4-7-16-6-3-9-2-1-5-17-9/h1-2,5,8,10H,3-4,6-7H2,(H,12,13)(H,14,15). The second-order valence-electron chi connectivity index (χ2n) is 3.41. The summed E-state index contributed by atoms with van der Waals surface area (Å²) >= 11 is 3.44. The fourth-order valence-electron chi connectivity index (χ4n) is 1.29. The molecule has 0 aliphatic rings. The van der Waals surface area contributed by atoms with Gasteiger partial charge in [-0.05, 0) is 35.8 Å². The molecule has 1 atom stereocenters.